The van der Waals surface area contributed by atoms with Gasteiger partial charge < -0.3 is 9.73 Å². The highest BCUT2D eigenvalue weighted by Gasteiger charge is 2.11. The van der Waals surface area contributed by atoms with Crippen molar-refractivity contribution in [1.82, 2.24) is 10.3 Å². The Morgan fingerprint density at radius 3 is 3.00 bits per heavy atom. The highest BCUT2D eigenvalue weighted by Crippen LogP contribution is 2.22. The number of pyridine rings is 1. The molecule has 3 aromatic rings. The summed E-state index contributed by atoms with van der Waals surface area (Å²) in [4.78, 5) is 16.1. The smallest absolute Gasteiger partial charge is 0.287 e. The van der Waals surface area contributed by atoms with Crippen molar-refractivity contribution in [2.45, 2.75) is 6.42 Å². The maximum Gasteiger partial charge on any atom is 0.287 e. The van der Waals surface area contributed by atoms with Crippen LogP contribution in [0, 0.1) is 0 Å². The van der Waals surface area contributed by atoms with Gasteiger partial charge in [0, 0.05) is 29.3 Å². The molecule has 0 saturated heterocycles. The highest BCUT2D eigenvalue weighted by atomic mass is 35.5. The van der Waals surface area contributed by atoms with E-state index in [9.17, 15) is 4.79 Å². The number of carbonyl (C=O) groups excluding carboxylic acids is 1. The summed E-state index contributed by atoms with van der Waals surface area (Å²) in [6.45, 7) is 0.530. The molecular formula is C16H13ClN2O2. The van der Waals surface area contributed by atoms with Gasteiger partial charge in [0.25, 0.3) is 5.91 Å². The van der Waals surface area contributed by atoms with E-state index in [1.807, 2.05) is 12.1 Å². The molecule has 0 unspecified atom stereocenters. The second-order valence-electron chi connectivity index (χ2n) is 4.66. The summed E-state index contributed by atoms with van der Waals surface area (Å²) < 4.78 is 5.50. The Morgan fingerprint density at radius 1 is 1.29 bits per heavy atom. The highest BCUT2D eigenvalue weighted by molar-refractivity contribution is 6.31. The quantitative estimate of drug-likeness (QED) is 0.803. The molecule has 21 heavy (non-hydrogen) atoms. The van der Waals surface area contributed by atoms with Gasteiger partial charge in [-0.1, -0.05) is 17.7 Å². The van der Waals surface area contributed by atoms with E-state index in [4.69, 9.17) is 16.0 Å². The number of furan rings is 1. The second-order valence-corrected chi connectivity index (χ2v) is 5.10. The third kappa shape index (κ3) is 3.23. The largest absolute Gasteiger partial charge is 0.451 e. The number of fused-ring (bicyclic) bond motifs is 1. The first-order valence-corrected chi connectivity index (χ1v) is 6.96. The SMILES string of the molecule is O=C(NCCc1cccnc1)c1cc2cc(Cl)ccc2o1. The van der Waals surface area contributed by atoms with Crippen LogP contribution >= 0.6 is 11.6 Å². The lowest BCUT2D eigenvalue weighted by molar-refractivity contribution is 0.0928. The Hall–Kier alpha value is -2.33. The van der Waals surface area contributed by atoms with Crippen LogP contribution in [0.4, 0.5) is 0 Å². The van der Waals surface area contributed by atoms with Gasteiger partial charge in [0.1, 0.15) is 5.58 Å². The molecule has 0 spiro atoms. The maximum absolute atomic E-state index is 12.0. The number of nitrogens with one attached hydrogen (secondary N) is 1. The number of nitrogens with zero attached hydrogens (tertiary/aromatic N) is 1. The van der Waals surface area contributed by atoms with Crippen LogP contribution in [0.2, 0.25) is 5.02 Å². The Kier molecular flexibility index (Phi) is 3.88. The summed E-state index contributed by atoms with van der Waals surface area (Å²) in [5.41, 5.74) is 1.73. The van der Waals surface area contributed by atoms with Crippen molar-refractivity contribution < 1.29 is 9.21 Å². The molecular weight excluding hydrogens is 288 g/mol. The van der Waals surface area contributed by atoms with Crippen molar-refractivity contribution in [1.29, 1.82) is 0 Å². The molecule has 0 aliphatic rings. The van der Waals surface area contributed by atoms with E-state index in [1.165, 1.54) is 0 Å². The molecule has 106 valence electrons. The number of carbonyl (C=O) groups is 1. The van der Waals surface area contributed by atoms with Crippen molar-refractivity contribution in [3.8, 4) is 0 Å². The van der Waals surface area contributed by atoms with Gasteiger partial charge in [0.2, 0.25) is 0 Å². The molecule has 1 amide bonds. The molecule has 0 aliphatic carbocycles. The van der Waals surface area contributed by atoms with Crippen LogP contribution in [-0.4, -0.2) is 17.4 Å². The molecule has 1 aromatic carbocycles. The molecule has 0 fully saturated rings. The van der Waals surface area contributed by atoms with E-state index in [-0.39, 0.29) is 5.91 Å². The first-order valence-electron chi connectivity index (χ1n) is 6.58. The molecule has 1 N–H and O–H groups in total. The Morgan fingerprint density at radius 2 is 2.19 bits per heavy atom. The fraction of sp³-hybridized carbons (Fsp3) is 0.125. The van der Waals surface area contributed by atoms with Crippen molar-refractivity contribution in [3.63, 3.8) is 0 Å². The molecule has 2 aromatic heterocycles. The Balaban J connectivity index is 1.64. The zero-order valence-electron chi connectivity index (χ0n) is 11.2. The van der Waals surface area contributed by atoms with E-state index in [0.29, 0.717) is 22.9 Å². The molecule has 3 rings (SSSR count). The van der Waals surface area contributed by atoms with Crippen LogP contribution < -0.4 is 5.32 Å². The predicted molar refractivity (Wildman–Crippen MR) is 81.5 cm³/mol. The van der Waals surface area contributed by atoms with E-state index in [1.54, 1.807) is 36.7 Å². The van der Waals surface area contributed by atoms with E-state index >= 15 is 0 Å². The van der Waals surface area contributed by atoms with Crippen LogP contribution in [0.25, 0.3) is 11.0 Å². The maximum atomic E-state index is 12.0. The minimum Gasteiger partial charge on any atom is -0.451 e. The number of hydrogen-bond acceptors (Lipinski definition) is 3. The number of rotatable bonds is 4. The van der Waals surface area contributed by atoms with Gasteiger partial charge >= 0.3 is 0 Å². The van der Waals surface area contributed by atoms with E-state index < -0.39 is 0 Å². The average molecular weight is 301 g/mol. The number of amides is 1. The van der Waals surface area contributed by atoms with Crippen molar-refractivity contribution in [3.05, 3.63) is 65.1 Å². The van der Waals surface area contributed by atoms with Gasteiger partial charge in [0.05, 0.1) is 0 Å². The first-order chi connectivity index (χ1) is 10.2. The molecule has 2 heterocycles. The van der Waals surface area contributed by atoms with Crippen molar-refractivity contribution >= 4 is 28.5 Å². The third-order valence-corrected chi connectivity index (χ3v) is 3.36. The van der Waals surface area contributed by atoms with Crippen LogP contribution in [0.1, 0.15) is 16.1 Å². The molecule has 5 heteroatoms. The number of benzene rings is 1. The number of halogens is 1. The standard InChI is InChI=1S/C16H13ClN2O2/c17-13-3-4-14-12(8-13)9-15(21-14)16(20)19-7-5-11-2-1-6-18-10-11/h1-4,6,8-10H,5,7H2,(H,19,20). The average Bonchev–Trinajstić information content (AvgIpc) is 2.91. The van der Waals surface area contributed by atoms with Gasteiger partial charge in [-0.2, -0.15) is 0 Å². The van der Waals surface area contributed by atoms with Crippen LogP contribution in [0.3, 0.4) is 0 Å². The molecule has 0 atom stereocenters. The van der Waals surface area contributed by atoms with Crippen LogP contribution in [0.5, 0.6) is 0 Å². The topological polar surface area (TPSA) is 55.1 Å². The third-order valence-electron chi connectivity index (χ3n) is 3.12. The molecule has 0 saturated carbocycles. The summed E-state index contributed by atoms with van der Waals surface area (Å²) in [7, 11) is 0. The molecule has 0 bridgehead atoms. The lowest BCUT2D eigenvalue weighted by Gasteiger charge is -2.02. The Bertz CT molecular complexity index is 768. The second kappa shape index (κ2) is 5.97. The van der Waals surface area contributed by atoms with Gasteiger partial charge in [-0.15, -0.1) is 0 Å². The first kappa shape index (κ1) is 13.6. The zero-order chi connectivity index (χ0) is 14.7. The van der Waals surface area contributed by atoms with Crippen LogP contribution in [0.15, 0.2) is 53.2 Å². The fourth-order valence-electron chi connectivity index (χ4n) is 2.08. The summed E-state index contributed by atoms with van der Waals surface area (Å²) in [5, 5.41) is 4.27. The normalized spacial score (nSPS) is 10.7. The summed E-state index contributed by atoms with van der Waals surface area (Å²) in [6, 6.07) is 10.8. The van der Waals surface area contributed by atoms with Crippen LogP contribution in [-0.2, 0) is 6.42 Å². The predicted octanol–water partition coefficient (Wildman–Crippen LogP) is 3.45. The number of hydrogen-bond donors (Lipinski definition) is 1. The van der Waals surface area contributed by atoms with E-state index in [2.05, 4.69) is 10.3 Å². The van der Waals surface area contributed by atoms with Gasteiger partial charge in [-0.05, 0) is 42.3 Å². The van der Waals surface area contributed by atoms with Gasteiger partial charge in [-0.25, -0.2) is 0 Å². The van der Waals surface area contributed by atoms with Gasteiger partial charge in [0.15, 0.2) is 5.76 Å². The minimum atomic E-state index is -0.230. The van der Waals surface area contributed by atoms with E-state index in [0.717, 1.165) is 17.4 Å². The minimum absolute atomic E-state index is 0.230. The Labute approximate surface area is 126 Å². The molecule has 0 aliphatic heterocycles. The molecule has 4 nitrogen and oxygen atoms in total. The van der Waals surface area contributed by atoms with Gasteiger partial charge in [-0.3, -0.25) is 9.78 Å². The van der Waals surface area contributed by atoms with Crippen molar-refractivity contribution in [2.75, 3.05) is 6.54 Å². The lowest BCUT2D eigenvalue weighted by Crippen LogP contribution is -2.25. The van der Waals surface area contributed by atoms with Crippen molar-refractivity contribution in [2.24, 2.45) is 0 Å². The summed E-state index contributed by atoms with van der Waals surface area (Å²) >= 11 is 5.91. The summed E-state index contributed by atoms with van der Waals surface area (Å²) in [6.07, 6.45) is 4.24. The lowest BCUT2D eigenvalue weighted by atomic mass is 10.2. The zero-order valence-corrected chi connectivity index (χ0v) is 11.9. The molecule has 0 radical (unpaired) electrons. The fourth-order valence-corrected chi connectivity index (χ4v) is 2.26. The monoisotopic (exact) mass is 300 g/mol. The summed E-state index contributed by atoms with van der Waals surface area (Å²) in [5.74, 6) is 0.0599. The number of aromatic nitrogens is 1.